The first kappa shape index (κ1) is 11.9. The quantitative estimate of drug-likeness (QED) is 0.753. The number of piperidine rings is 1. The number of carbonyl (C=O) groups is 1. The minimum Gasteiger partial charge on any atom is -0.481 e. The third-order valence-electron chi connectivity index (χ3n) is 3.89. The van der Waals surface area contributed by atoms with Gasteiger partial charge >= 0.3 is 5.97 Å². The van der Waals surface area contributed by atoms with E-state index in [1.54, 1.807) is 0 Å². The van der Waals surface area contributed by atoms with Gasteiger partial charge in [-0.1, -0.05) is 0 Å². The molecular weight excluding hydrogens is 204 g/mol. The fourth-order valence-corrected chi connectivity index (χ4v) is 3.08. The summed E-state index contributed by atoms with van der Waals surface area (Å²) < 4.78 is 0. The van der Waals surface area contributed by atoms with Crippen molar-refractivity contribution in [3.8, 4) is 0 Å². The summed E-state index contributed by atoms with van der Waals surface area (Å²) in [6.45, 7) is 3.41. The van der Waals surface area contributed by atoms with Gasteiger partial charge < -0.3 is 10.4 Å². The zero-order chi connectivity index (χ0) is 11.4. The second kappa shape index (κ2) is 5.64. The molecule has 4 heteroatoms. The SMILES string of the molecule is O=C(O)CCC1CCCN1C1CCNCC1. The molecule has 2 saturated heterocycles. The highest BCUT2D eigenvalue weighted by Crippen LogP contribution is 2.26. The Hall–Kier alpha value is -0.610. The number of hydrogen-bond acceptors (Lipinski definition) is 3. The van der Waals surface area contributed by atoms with Crippen molar-refractivity contribution in [3.63, 3.8) is 0 Å². The van der Waals surface area contributed by atoms with Crippen molar-refractivity contribution < 1.29 is 9.90 Å². The van der Waals surface area contributed by atoms with Gasteiger partial charge in [-0.25, -0.2) is 0 Å². The molecule has 0 saturated carbocycles. The van der Waals surface area contributed by atoms with Gasteiger partial charge in [-0.2, -0.15) is 0 Å². The average molecular weight is 226 g/mol. The van der Waals surface area contributed by atoms with Gasteiger partial charge in [0.15, 0.2) is 0 Å². The molecule has 1 atom stereocenters. The standard InChI is InChI=1S/C12H22N2O2/c15-12(16)4-3-10-2-1-9-14(10)11-5-7-13-8-6-11/h10-11,13H,1-9H2,(H,15,16). The van der Waals surface area contributed by atoms with Gasteiger partial charge in [0.25, 0.3) is 0 Å². The predicted molar refractivity (Wildman–Crippen MR) is 62.5 cm³/mol. The average Bonchev–Trinajstić information content (AvgIpc) is 2.75. The fraction of sp³-hybridized carbons (Fsp3) is 0.917. The lowest BCUT2D eigenvalue weighted by Crippen LogP contribution is -2.45. The van der Waals surface area contributed by atoms with Crippen molar-refractivity contribution in [1.29, 1.82) is 0 Å². The molecule has 0 amide bonds. The maximum Gasteiger partial charge on any atom is 0.303 e. The van der Waals surface area contributed by atoms with E-state index in [0.29, 0.717) is 18.5 Å². The summed E-state index contributed by atoms with van der Waals surface area (Å²) in [6, 6.07) is 1.22. The van der Waals surface area contributed by atoms with Crippen molar-refractivity contribution in [2.75, 3.05) is 19.6 Å². The molecule has 0 aromatic heterocycles. The maximum atomic E-state index is 10.6. The van der Waals surface area contributed by atoms with Crippen LogP contribution in [0.5, 0.6) is 0 Å². The number of hydrogen-bond donors (Lipinski definition) is 2. The molecule has 4 nitrogen and oxygen atoms in total. The normalized spacial score (nSPS) is 28.4. The Morgan fingerprint density at radius 3 is 2.75 bits per heavy atom. The van der Waals surface area contributed by atoms with Gasteiger partial charge in [0.05, 0.1) is 0 Å². The zero-order valence-corrected chi connectivity index (χ0v) is 9.82. The molecule has 2 aliphatic rings. The Bertz CT molecular complexity index is 239. The molecule has 2 fully saturated rings. The van der Waals surface area contributed by atoms with Gasteiger partial charge in [0.1, 0.15) is 0 Å². The number of carboxylic acid groups (broad SMARTS) is 1. The van der Waals surface area contributed by atoms with Crippen LogP contribution in [0.2, 0.25) is 0 Å². The van der Waals surface area contributed by atoms with Gasteiger partial charge in [-0.3, -0.25) is 9.69 Å². The van der Waals surface area contributed by atoms with Crippen molar-refractivity contribution in [3.05, 3.63) is 0 Å². The zero-order valence-electron chi connectivity index (χ0n) is 9.82. The summed E-state index contributed by atoms with van der Waals surface area (Å²) in [7, 11) is 0. The lowest BCUT2D eigenvalue weighted by atomic mass is 10.0. The van der Waals surface area contributed by atoms with Gasteiger partial charge in [-0.05, 0) is 51.7 Å². The van der Waals surface area contributed by atoms with E-state index < -0.39 is 5.97 Å². The summed E-state index contributed by atoms with van der Waals surface area (Å²) in [5.41, 5.74) is 0. The largest absolute Gasteiger partial charge is 0.481 e. The first-order chi connectivity index (χ1) is 7.77. The molecule has 0 radical (unpaired) electrons. The van der Waals surface area contributed by atoms with Crippen LogP contribution in [-0.4, -0.2) is 47.7 Å². The minimum atomic E-state index is -0.655. The van der Waals surface area contributed by atoms with Crippen LogP contribution in [0, 0.1) is 0 Å². The molecule has 0 aromatic rings. The van der Waals surface area contributed by atoms with E-state index in [1.165, 1.54) is 32.2 Å². The highest BCUT2D eigenvalue weighted by molar-refractivity contribution is 5.66. The van der Waals surface area contributed by atoms with E-state index in [-0.39, 0.29) is 0 Å². The number of carboxylic acids is 1. The molecular formula is C12H22N2O2. The lowest BCUT2D eigenvalue weighted by molar-refractivity contribution is -0.137. The van der Waals surface area contributed by atoms with Crippen LogP contribution >= 0.6 is 0 Å². The van der Waals surface area contributed by atoms with Gasteiger partial charge in [0.2, 0.25) is 0 Å². The summed E-state index contributed by atoms with van der Waals surface area (Å²) in [5.74, 6) is -0.655. The molecule has 2 rings (SSSR count). The molecule has 2 aliphatic heterocycles. The fourth-order valence-electron chi connectivity index (χ4n) is 3.08. The Balaban J connectivity index is 1.84. The van der Waals surface area contributed by atoms with E-state index in [1.807, 2.05) is 0 Å². The van der Waals surface area contributed by atoms with E-state index in [2.05, 4.69) is 10.2 Å². The molecule has 0 aliphatic carbocycles. The lowest BCUT2D eigenvalue weighted by Gasteiger charge is -2.35. The smallest absolute Gasteiger partial charge is 0.303 e. The Morgan fingerprint density at radius 2 is 2.06 bits per heavy atom. The molecule has 0 aromatic carbocycles. The molecule has 0 bridgehead atoms. The molecule has 0 spiro atoms. The van der Waals surface area contributed by atoms with Crippen molar-refractivity contribution >= 4 is 5.97 Å². The monoisotopic (exact) mass is 226 g/mol. The summed E-state index contributed by atoms with van der Waals surface area (Å²) in [4.78, 5) is 13.2. The van der Waals surface area contributed by atoms with Crippen LogP contribution in [0.4, 0.5) is 0 Å². The minimum absolute atomic E-state index is 0.326. The third-order valence-corrected chi connectivity index (χ3v) is 3.89. The van der Waals surface area contributed by atoms with Crippen LogP contribution in [0.15, 0.2) is 0 Å². The van der Waals surface area contributed by atoms with Crippen molar-refractivity contribution in [1.82, 2.24) is 10.2 Å². The molecule has 92 valence electrons. The summed E-state index contributed by atoms with van der Waals surface area (Å²) >= 11 is 0. The first-order valence-corrected chi connectivity index (χ1v) is 6.45. The molecule has 2 heterocycles. The Kier molecular flexibility index (Phi) is 4.18. The highest BCUT2D eigenvalue weighted by Gasteiger charge is 2.31. The summed E-state index contributed by atoms with van der Waals surface area (Å²) in [6.07, 6.45) is 6.05. The molecule has 2 N–H and O–H groups in total. The van der Waals surface area contributed by atoms with E-state index >= 15 is 0 Å². The number of rotatable bonds is 4. The van der Waals surface area contributed by atoms with Crippen LogP contribution in [0.1, 0.15) is 38.5 Å². The first-order valence-electron chi connectivity index (χ1n) is 6.45. The predicted octanol–water partition coefficient (Wildman–Crippen LogP) is 1.07. The maximum absolute atomic E-state index is 10.6. The molecule has 1 unspecified atom stereocenters. The van der Waals surface area contributed by atoms with Crippen LogP contribution < -0.4 is 5.32 Å². The van der Waals surface area contributed by atoms with Crippen molar-refractivity contribution in [2.45, 2.75) is 50.6 Å². The highest BCUT2D eigenvalue weighted by atomic mass is 16.4. The summed E-state index contributed by atoms with van der Waals surface area (Å²) in [5, 5.41) is 12.1. The third kappa shape index (κ3) is 2.95. The van der Waals surface area contributed by atoms with Crippen LogP contribution in [-0.2, 0) is 4.79 Å². The Labute approximate surface area is 97.0 Å². The second-order valence-electron chi connectivity index (χ2n) is 4.95. The number of aliphatic carboxylic acids is 1. The number of nitrogens with zero attached hydrogens (tertiary/aromatic N) is 1. The topological polar surface area (TPSA) is 52.6 Å². The van der Waals surface area contributed by atoms with E-state index in [0.717, 1.165) is 19.5 Å². The van der Waals surface area contributed by atoms with Crippen molar-refractivity contribution in [2.24, 2.45) is 0 Å². The van der Waals surface area contributed by atoms with Crippen LogP contribution in [0.3, 0.4) is 0 Å². The second-order valence-corrected chi connectivity index (χ2v) is 4.95. The number of nitrogens with one attached hydrogen (secondary N) is 1. The van der Waals surface area contributed by atoms with Gasteiger partial charge in [0, 0.05) is 18.5 Å². The van der Waals surface area contributed by atoms with Gasteiger partial charge in [-0.15, -0.1) is 0 Å². The Morgan fingerprint density at radius 1 is 1.31 bits per heavy atom. The van der Waals surface area contributed by atoms with E-state index in [4.69, 9.17) is 5.11 Å². The number of likely N-dealkylation sites (tertiary alicyclic amines) is 1. The van der Waals surface area contributed by atoms with E-state index in [9.17, 15) is 4.79 Å². The molecule has 16 heavy (non-hydrogen) atoms. The van der Waals surface area contributed by atoms with Crippen LogP contribution in [0.25, 0.3) is 0 Å².